The minimum absolute atomic E-state index is 0. The van der Waals surface area contributed by atoms with Gasteiger partial charge in [0.15, 0.2) is 0 Å². The van der Waals surface area contributed by atoms with Crippen LogP contribution in [0.25, 0.3) is 0 Å². The Balaban J connectivity index is 0.00000243. The number of carbonyl (C=O) groups is 2. The van der Waals surface area contributed by atoms with E-state index in [2.05, 4.69) is 5.32 Å². The lowest BCUT2D eigenvalue weighted by molar-refractivity contribution is 0.0707. The van der Waals surface area contributed by atoms with Crippen LogP contribution in [0.5, 0.6) is 0 Å². The summed E-state index contributed by atoms with van der Waals surface area (Å²) in [4.78, 5) is 24.5. The monoisotopic (exact) mass is 403 g/mol. The van der Waals surface area contributed by atoms with E-state index in [1.54, 1.807) is 0 Å². The summed E-state index contributed by atoms with van der Waals surface area (Å²) >= 11 is 0. The van der Waals surface area contributed by atoms with Crippen LogP contribution in [0.2, 0.25) is 0 Å². The number of halogens is 1. The van der Waals surface area contributed by atoms with E-state index in [4.69, 9.17) is 10.5 Å². The van der Waals surface area contributed by atoms with Gasteiger partial charge in [0.1, 0.15) is 4.90 Å². The molecule has 2 aliphatic rings. The van der Waals surface area contributed by atoms with Crippen molar-refractivity contribution < 1.29 is 22.7 Å². The highest BCUT2D eigenvalue weighted by molar-refractivity contribution is 7.90. The van der Waals surface area contributed by atoms with Crippen molar-refractivity contribution in [3.63, 3.8) is 0 Å². The summed E-state index contributed by atoms with van der Waals surface area (Å²) in [6, 6.07) is 4.11. The van der Waals surface area contributed by atoms with Gasteiger partial charge in [-0.3, -0.25) is 9.59 Å². The molecule has 1 aromatic rings. The van der Waals surface area contributed by atoms with Crippen molar-refractivity contribution in [2.75, 3.05) is 26.2 Å². The van der Waals surface area contributed by atoms with Crippen LogP contribution in [0.4, 0.5) is 0 Å². The Labute approximate surface area is 158 Å². The first-order chi connectivity index (χ1) is 11.9. The summed E-state index contributed by atoms with van der Waals surface area (Å²) in [5.74, 6) is -0.961. The first-order valence-corrected chi connectivity index (χ1v) is 9.70. The Morgan fingerprint density at radius 3 is 2.81 bits per heavy atom. The molecule has 0 spiro atoms. The van der Waals surface area contributed by atoms with E-state index in [-0.39, 0.29) is 41.1 Å². The Morgan fingerprint density at radius 2 is 2.15 bits per heavy atom. The maximum atomic E-state index is 12.7. The molecule has 8 nitrogen and oxygen atoms in total. The molecule has 10 heteroatoms. The molecule has 1 unspecified atom stereocenters. The first-order valence-electron chi connectivity index (χ1n) is 8.26. The number of fused-ring (bicyclic) bond motifs is 1. The molecule has 2 heterocycles. The van der Waals surface area contributed by atoms with Gasteiger partial charge in [0.2, 0.25) is 0 Å². The van der Waals surface area contributed by atoms with Crippen LogP contribution in [-0.4, -0.2) is 56.9 Å². The lowest BCUT2D eigenvalue weighted by Gasteiger charge is -2.18. The molecular weight excluding hydrogens is 382 g/mol. The molecule has 1 atom stereocenters. The summed E-state index contributed by atoms with van der Waals surface area (Å²) in [7, 11) is -3.96. The largest absolute Gasteiger partial charge is 0.376 e. The molecule has 3 rings (SSSR count). The fraction of sp³-hybridized carbons (Fsp3) is 0.500. The Kier molecular flexibility index (Phi) is 6.62. The Morgan fingerprint density at radius 1 is 1.38 bits per heavy atom. The van der Waals surface area contributed by atoms with Crippen molar-refractivity contribution in [2.45, 2.75) is 30.3 Å². The van der Waals surface area contributed by atoms with E-state index < -0.39 is 21.8 Å². The van der Waals surface area contributed by atoms with Crippen molar-refractivity contribution in [3.8, 4) is 0 Å². The van der Waals surface area contributed by atoms with Gasteiger partial charge in [0, 0.05) is 18.7 Å². The number of ether oxygens (including phenoxy) is 1. The highest BCUT2D eigenvalue weighted by Crippen LogP contribution is 2.32. The Bertz CT molecular complexity index is 793. The maximum absolute atomic E-state index is 12.7. The summed E-state index contributed by atoms with van der Waals surface area (Å²) in [5, 5.41) is 2.67. The lowest BCUT2D eigenvalue weighted by Crippen LogP contribution is -2.36. The topological polar surface area (TPSA) is 119 Å². The number of hydrogen-bond donors (Lipinski definition) is 2. The zero-order chi connectivity index (χ0) is 18.0. The number of hydrogen-bond acceptors (Lipinski definition) is 6. The van der Waals surface area contributed by atoms with Crippen LogP contribution in [0.1, 0.15) is 40.0 Å². The second-order valence-electron chi connectivity index (χ2n) is 6.09. The van der Waals surface area contributed by atoms with Crippen molar-refractivity contribution in [1.29, 1.82) is 0 Å². The predicted octanol–water partition coefficient (Wildman–Crippen LogP) is 0.510. The molecule has 0 radical (unpaired) electrons. The molecule has 0 bridgehead atoms. The number of benzene rings is 1. The molecule has 2 aliphatic heterocycles. The number of nitrogens with one attached hydrogen (secondary N) is 1. The van der Waals surface area contributed by atoms with Crippen LogP contribution in [-0.2, 0) is 14.8 Å². The number of nitrogens with two attached hydrogens (primary N) is 1. The Hall–Kier alpha value is -1.68. The van der Waals surface area contributed by atoms with Crippen LogP contribution in [0.15, 0.2) is 23.1 Å². The average molecular weight is 404 g/mol. The molecule has 2 amide bonds. The van der Waals surface area contributed by atoms with Gasteiger partial charge in [-0.25, -0.2) is 12.7 Å². The van der Waals surface area contributed by atoms with Crippen molar-refractivity contribution in [2.24, 2.45) is 5.73 Å². The first kappa shape index (κ1) is 20.6. The number of amides is 2. The zero-order valence-corrected chi connectivity index (χ0v) is 15.8. The third-order valence-corrected chi connectivity index (χ3v) is 6.12. The summed E-state index contributed by atoms with van der Waals surface area (Å²) in [6.45, 7) is 1.44. The number of nitrogens with zero attached hydrogens (tertiary/aromatic N) is 1. The molecule has 0 aromatic heterocycles. The van der Waals surface area contributed by atoms with Gasteiger partial charge in [-0.2, -0.15) is 0 Å². The van der Waals surface area contributed by atoms with Crippen LogP contribution >= 0.6 is 12.4 Å². The molecule has 0 aliphatic carbocycles. The molecule has 3 N–H and O–H groups in total. The summed E-state index contributed by atoms with van der Waals surface area (Å²) in [5.41, 5.74) is 5.67. The molecule has 0 saturated carbocycles. The fourth-order valence-electron chi connectivity index (χ4n) is 2.98. The van der Waals surface area contributed by atoms with Crippen LogP contribution < -0.4 is 11.1 Å². The highest BCUT2D eigenvalue weighted by Gasteiger charge is 2.43. The molecule has 1 saturated heterocycles. The highest BCUT2D eigenvalue weighted by atomic mass is 35.5. The number of sulfonamides is 1. The molecule has 1 fully saturated rings. The van der Waals surface area contributed by atoms with E-state index in [0.717, 1.165) is 17.1 Å². The van der Waals surface area contributed by atoms with E-state index in [9.17, 15) is 18.0 Å². The second-order valence-corrected chi connectivity index (χ2v) is 7.92. The van der Waals surface area contributed by atoms with Crippen LogP contribution in [0, 0.1) is 0 Å². The second kappa shape index (κ2) is 8.34. The van der Waals surface area contributed by atoms with E-state index in [1.165, 1.54) is 18.2 Å². The lowest BCUT2D eigenvalue weighted by atomic mass is 10.1. The van der Waals surface area contributed by atoms with Gasteiger partial charge >= 0.3 is 0 Å². The van der Waals surface area contributed by atoms with Crippen molar-refractivity contribution >= 4 is 34.2 Å². The van der Waals surface area contributed by atoms with E-state index >= 15 is 0 Å². The molecular formula is C16H22ClN3O5S. The fourth-order valence-corrected chi connectivity index (χ4v) is 4.60. The minimum atomic E-state index is -3.96. The van der Waals surface area contributed by atoms with Crippen molar-refractivity contribution in [3.05, 3.63) is 29.3 Å². The molecule has 1 aromatic carbocycles. The average Bonchev–Trinajstić information content (AvgIpc) is 3.17. The minimum Gasteiger partial charge on any atom is -0.376 e. The van der Waals surface area contributed by atoms with E-state index in [1.807, 2.05) is 0 Å². The number of carbonyl (C=O) groups excluding carboxylic acids is 2. The van der Waals surface area contributed by atoms with Gasteiger partial charge in [0.05, 0.1) is 18.2 Å². The molecule has 26 heavy (non-hydrogen) atoms. The van der Waals surface area contributed by atoms with Crippen molar-refractivity contribution in [1.82, 2.24) is 9.62 Å². The normalized spacial score (nSPS) is 20.6. The smallest absolute Gasteiger partial charge is 0.269 e. The van der Waals surface area contributed by atoms with Gasteiger partial charge in [-0.05, 0) is 44.0 Å². The third kappa shape index (κ3) is 3.85. The summed E-state index contributed by atoms with van der Waals surface area (Å²) in [6.07, 6.45) is 1.94. The predicted molar refractivity (Wildman–Crippen MR) is 96.9 cm³/mol. The zero-order valence-electron chi connectivity index (χ0n) is 14.1. The van der Waals surface area contributed by atoms with Gasteiger partial charge < -0.3 is 15.8 Å². The van der Waals surface area contributed by atoms with Gasteiger partial charge in [-0.15, -0.1) is 12.4 Å². The quantitative estimate of drug-likeness (QED) is 0.668. The third-order valence-electron chi connectivity index (χ3n) is 4.33. The standard InChI is InChI=1S/C16H21N3O5S.ClH/c17-6-2-7-18-15(20)11-4-5-13-14(9-11)25(22,23)19(16(13)21)10-12-3-1-8-24-12;/h4-5,9,12H,1-3,6-8,10,17H2,(H,18,20);1H. The summed E-state index contributed by atoms with van der Waals surface area (Å²) < 4.78 is 31.7. The molecule has 144 valence electrons. The van der Waals surface area contributed by atoms with E-state index in [0.29, 0.717) is 26.1 Å². The van der Waals surface area contributed by atoms with Gasteiger partial charge in [-0.1, -0.05) is 0 Å². The number of rotatable bonds is 6. The SMILES string of the molecule is Cl.NCCCNC(=O)c1ccc2c(c1)S(=O)(=O)N(CC1CCCO1)C2=O. The van der Waals surface area contributed by atoms with Gasteiger partial charge in [0.25, 0.3) is 21.8 Å². The van der Waals surface area contributed by atoms with Crippen LogP contribution in [0.3, 0.4) is 0 Å². The maximum Gasteiger partial charge on any atom is 0.269 e.